The third-order valence-corrected chi connectivity index (χ3v) is 6.86. The maximum atomic E-state index is 12.9. The molecule has 0 saturated heterocycles. The first kappa shape index (κ1) is 21.0. The van der Waals surface area contributed by atoms with E-state index in [1.807, 2.05) is 0 Å². The molecule has 1 N–H and O–H groups in total. The van der Waals surface area contributed by atoms with Crippen molar-refractivity contribution in [3.63, 3.8) is 0 Å². The summed E-state index contributed by atoms with van der Waals surface area (Å²) in [5.74, 6) is -0.684. The molecular weight excluding hydrogens is 433 g/mol. The molecule has 162 valence electrons. The topological polar surface area (TPSA) is 93.9 Å². The number of nitrogens with one attached hydrogen (secondary N) is 1. The Morgan fingerprint density at radius 2 is 1.94 bits per heavy atom. The van der Waals surface area contributed by atoms with Crippen molar-refractivity contribution >= 4 is 21.6 Å². The van der Waals surface area contributed by atoms with Gasteiger partial charge < -0.3 is 5.32 Å². The highest BCUT2D eigenvalue weighted by Gasteiger charge is 2.37. The van der Waals surface area contributed by atoms with Crippen LogP contribution in [0.25, 0.3) is 11.3 Å². The van der Waals surface area contributed by atoms with E-state index in [9.17, 15) is 26.4 Å². The second-order valence-corrected chi connectivity index (χ2v) is 9.31. The molecule has 2 aromatic heterocycles. The fraction of sp³-hybridized carbons (Fsp3) is 0.250. The average Bonchev–Trinajstić information content (AvgIpc) is 3.45. The van der Waals surface area contributed by atoms with Crippen LogP contribution >= 0.6 is 0 Å². The van der Waals surface area contributed by atoms with Crippen molar-refractivity contribution in [2.45, 2.75) is 31.2 Å². The lowest BCUT2D eigenvalue weighted by Crippen LogP contribution is -2.17. The van der Waals surface area contributed by atoms with Gasteiger partial charge in [-0.3, -0.25) is 4.79 Å². The van der Waals surface area contributed by atoms with E-state index >= 15 is 0 Å². The van der Waals surface area contributed by atoms with Crippen LogP contribution in [0.2, 0.25) is 0 Å². The van der Waals surface area contributed by atoms with Crippen LogP contribution in [0, 0.1) is 6.92 Å². The number of benzene rings is 1. The maximum absolute atomic E-state index is 12.9. The normalized spacial score (nSPS) is 14.5. The predicted molar refractivity (Wildman–Crippen MR) is 107 cm³/mol. The second kappa shape index (κ2) is 7.49. The van der Waals surface area contributed by atoms with E-state index in [1.165, 1.54) is 24.5 Å². The number of nitrogens with zero attached hydrogens (tertiary/aromatic N) is 3. The van der Waals surface area contributed by atoms with Gasteiger partial charge in [0, 0.05) is 11.3 Å². The molecular formula is C20H17F3N4O3S. The van der Waals surface area contributed by atoms with Crippen molar-refractivity contribution < 1.29 is 26.4 Å². The molecule has 31 heavy (non-hydrogen) atoms. The van der Waals surface area contributed by atoms with Gasteiger partial charge in [0.15, 0.2) is 0 Å². The fourth-order valence-electron chi connectivity index (χ4n) is 2.98. The molecule has 11 heteroatoms. The van der Waals surface area contributed by atoms with Crippen LogP contribution < -0.4 is 5.32 Å². The SMILES string of the molecule is Cc1ccc(-c2cnn(S(=O)(=O)C3CC3)c2)nc1C(=O)Nc1cccc(C(F)(F)F)c1. The first-order valence-electron chi connectivity index (χ1n) is 9.31. The summed E-state index contributed by atoms with van der Waals surface area (Å²) in [6.07, 6.45) is -0.665. The van der Waals surface area contributed by atoms with Crippen LogP contribution in [0.15, 0.2) is 48.8 Å². The van der Waals surface area contributed by atoms with Crippen molar-refractivity contribution in [1.29, 1.82) is 0 Å². The number of carbonyl (C=O) groups excluding carboxylic acids is 1. The summed E-state index contributed by atoms with van der Waals surface area (Å²) in [5.41, 5.74) is 0.330. The van der Waals surface area contributed by atoms with Gasteiger partial charge in [-0.2, -0.15) is 22.4 Å². The summed E-state index contributed by atoms with van der Waals surface area (Å²) in [7, 11) is -3.54. The van der Waals surface area contributed by atoms with E-state index in [-0.39, 0.29) is 11.4 Å². The summed E-state index contributed by atoms with van der Waals surface area (Å²) in [6, 6.07) is 7.53. The molecule has 1 aromatic carbocycles. The van der Waals surface area contributed by atoms with E-state index in [1.54, 1.807) is 19.1 Å². The molecule has 7 nitrogen and oxygen atoms in total. The highest BCUT2D eigenvalue weighted by atomic mass is 32.2. The largest absolute Gasteiger partial charge is 0.416 e. The number of rotatable bonds is 5. The highest BCUT2D eigenvalue weighted by Crippen LogP contribution is 2.31. The molecule has 3 aromatic rings. The van der Waals surface area contributed by atoms with Crippen molar-refractivity contribution in [3.8, 4) is 11.3 Å². The molecule has 4 rings (SSSR count). The number of anilines is 1. The Morgan fingerprint density at radius 3 is 2.61 bits per heavy atom. The Balaban J connectivity index is 1.60. The highest BCUT2D eigenvalue weighted by molar-refractivity contribution is 7.90. The molecule has 0 unspecified atom stereocenters. The summed E-state index contributed by atoms with van der Waals surface area (Å²) in [4.78, 5) is 17.0. The van der Waals surface area contributed by atoms with Gasteiger partial charge in [0.05, 0.1) is 28.9 Å². The smallest absolute Gasteiger partial charge is 0.321 e. The number of aryl methyl sites for hydroxylation is 1. The van der Waals surface area contributed by atoms with E-state index in [0.29, 0.717) is 29.7 Å². The number of pyridine rings is 1. The average molecular weight is 450 g/mol. The fourth-order valence-corrected chi connectivity index (χ4v) is 4.45. The van der Waals surface area contributed by atoms with Gasteiger partial charge in [0.2, 0.25) is 0 Å². The van der Waals surface area contributed by atoms with Crippen LogP contribution in [0.4, 0.5) is 18.9 Å². The zero-order valence-corrected chi connectivity index (χ0v) is 17.0. The molecule has 1 fully saturated rings. The van der Waals surface area contributed by atoms with Gasteiger partial charge in [-0.15, -0.1) is 0 Å². The quantitative estimate of drug-likeness (QED) is 0.637. The van der Waals surface area contributed by atoms with E-state index in [0.717, 1.165) is 16.2 Å². The lowest BCUT2D eigenvalue weighted by molar-refractivity contribution is -0.137. The number of halogens is 3. The minimum atomic E-state index is -4.53. The first-order valence-corrected chi connectivity index (χ1v) is 10.8. The van der Waals surface area contributed by atoms with Gasteiger partial charge in [0.1, 0.15) is 5.69 Å². The number of hydrogen-bond acceptors (Lipinski definition) is 5. The molecule has 1 amide bonds. The van der Waals surface area contributed by atoms with Crippen LogP contribution in [0.1, 0.15) is 34.5 Å². The van der Waals surface area contributed by atoms with Gasteiger partial charge in [-0.1, -0.05) is 12.1 Å². The minimum Gasteiger partial charge on any atom is -0.321 e. The third kappa shape index (κ3) is 4.31. The molecule has 1 saturated carbocycles. The van der Waals surface area contributed by atoms with Crippen LogP contribution in [-0.4, -0.2) is 33.7 Å². The van der Waals surface area contributed by atoms with E-state index in [4.69, 9.17) is 0 Å². The summed E-state index contributed by atoms with van der Waals surface area (Å²) >= 11 is 0. The Morgan fingerprint density at radius 1 is 1.19 bits per heavy atom. The molecule has 0 spiro atoms. The van der Waals surface area contributed by atoms with E-state index in [2.05, 4.69) is 15.4 Å². The molecule has 1 aliphatic rings. The van der Waals surface area contributed by atoms with Crippen molar-refractivity contribution in [3.05, 3.63) is 65.6 Å². The van der Waals surface area contributed by atoms with Gasteiger partial charge in [-0.25, -0.2) is 13.4 Å². The molecule has 0 radical (unpaired) electrons. The van der Waals surface area contributed by atoms with Crippen LogP contribution in [0.3, 0.4) is 0 Å². The predicted octanol–water partition coefficient (Wildman–Crippen LogP) is 3.86. The third-order valence-electron chi connectivity index (χ3n) is 4.82. The lowest BCUT2D eigenvalue weighted by Gasteiger charge is -2.11. The Labute approximate surface area is 176 Å². The molecule has 0 bridgehead atoms. The van der Waals surface area contributed by atoms with Gasteiger partial charge in [0.25, 0.3) is 15.9 Å². The summed E-state index contributed by atoms with van der Waals surface area (Å²) < 4.78 is 64.2. The van der Waals surface area contributed by atoms with Crippen molar-refractivity contribution in [2.75, 3.05) is 5.32 Å². The van der Waals surface area contributed by atoms with Crippen molar-refractivity contribution in [2.24, 2.45) is 0 Å². The second-order valence-electron chi connectivity index (χ2n) is 7.24. The summed E-state index contributed by atoms with van der Waals surface area (Å²) in [6.45, 7) is 1.64. The Hall–Kier alpha value is -3.21. The zero-order valence-electron chi connectivity index (χ0n) is 16.2. The van der Waals surface area contributed by atoms with Gasteiger partial charge in [-0.05, 0) is 49.6 Å². The number of amides is 1. The lowest BCUT2D eigenvalue weighted by atomic mass is 10.1. The molecule has 0 aliphatic heterocycles. The Kier molecular flexibility index (Phi) is 5.08. The molecule has 0 atom stereocenters. The number of hydrogen-bond donors (Lipinski definition) is 1. The van der Waals surface area contributed by atoms with Crippen LogP contribution in [0.5, 0.6) is 0 Å². The standard InChI is InChI=1S/C20H17F3N4O3S/c1-12-5-8-17(13-10-24-27(11-13)31(29,30)16-6-7-16)26-18(12)19(28)25-15-4-2-3-14(9-15)20(21,22)23/h2-5,8-11,16H,6-7H2,1H3,(H,25,28). The maximum Gasteiger partial charge on any atom is 0.416 e. The van der Waals surface area contributed by atoms with E-state index < -0.39 is 32.9 Å². The van der Waals surface area contributed by atoms with Crippen LogP contribution in [-0.2, 0) is 16.2 Å². The molecule has 2 heterocycles. The molecule has 1 aliphatic carbocycles. The van der Waals surface area contributed by atoms with Crippen molar-refractivity contribution in [1.82, 2.24) is 14.2 Å². The number of carbonyl (C=O) groups is 1. The number of alkyl halides is 3. The Bertz CT molecular complexity index is 1260. The monoisotopic (exact) mass is 450 g/mol. The minimum absolute atomic E-state index is 0.00714. The first-order chi connectivity index (χ1) is 14.6. The number of aromatic nitrogens is 3. The van der Waals surface area contributed by atoms with Gasteiger partial charge >= 0.3 is 6.18 Å². The zero-order chi connectivity index (χ0) is 22.4. The summed E-state index contributed by atoms with van der Waals surface area (Å²) in [5, 5.41) is 5.90.